The van der Waals surface area contributed by atoms with Crippen molar-refractivity contribution < 1.29 is 4.79 Å². The van der Waals surface area contributed by atoms with E-state index in [9.17, 15) is 4.79 Å². The van der Waals surface area contributed by atoms with Gasteiger partial charge in [-0.3, -0.25) is 4.79 Å². The molecule has 2 heterocycles. The molecule has 25 heavy (non-hydrogen) atoms. The minimum absolute atomic E-state index is 0.000648. The standard InChI is InChI=1S/C20H24N4O/c1-12-11-21-24(14(3)15-8-9-15)20(12)23-19(25)10-17-13(2)22-18-7-5-4-6-16(17)18/h4-7,11,14-15,22H,8-10H2,1-3H3,(H,23,25)/t14-/m1/s1. The molecule has 1 aliphatic carbocycles. The Bertz CT molecular complexity index is 932. The molecule has 1 fully saturated rings. The van der Waals surface area contributed by atoms with Crippen LogP contribution in [0.5, 0.6) is 0 Å². The third-order valence-corrected chi connectivity index (χ3v) is 5.29. The number of nitrogens with one attached hydrogen (secondary N) is 2. The first-order chi connectivity index (χ1) is 12.0. The molecule has 0 aliphatic heterocycles. The summed E-state index contributed by atoms with van der Waals surface area (Å²) in [5.74, 6) is 1.52. The summed E-state index contributed by atoms with van der Waals surface area (Å²) in [6.07, 6.45) is 4.70. The maximum absolute atomic E-state index is 12.7. The Kier molecular flexibility index (Phi) is 3.86. The van der Waals surface area contributed by atoms with Crippen LogP contribution in [0, 0.1) is 19.8 Å². The maximum atomic E-state index is 12.7. The SMILES string of the molecule is Cc1cnn([C@H](C)C2CC2)c1NC(=O)Cc1c(C)[nH]c2ccccc12. The molecule has 0 bridgehead atoms. The zero-order chi connectivity index (χ0) is 17.6. The fourth-order valence-corrected chi connectivity index (χ4v) is 3.59. The predicted molar refractivity (Wildman–Crippen MR) is 99.8 cm³/mol. The molecule has 5 nitrogen and oxygen atoms in total. The maximum Gasteiger partial charge on any atom is 0.230 e. The van der Waals surface area contributed by atoms with E-state index in [1.54, 1.807) is 0 Å². The second-order valence-corrected chi connectivity index (χ2v) is 7.20. The molecule has 2 N–H and O–H groups in total. The third-order valence-electron chi connectivity index (χ3n) is 5.29. The summed E-state index contributed by atoms with van der Waals surface area (Å²) < 4.78 is 1.98. The van der Waals surface area contributed by atoms with Crippen LogP contribution in [-0.4, -0.2) is 20.7 Å². The molecule has 3 aromatic rings. The first-order valence-corrected chi connectivity index (χ1v) is 8.94. The van der Waals surface area contributed by atoms with E-state index in [-0.39, 0.29) is 5.91 Å². The molecule has 0 saturated heterocycles. The average molecular weight is 336 g/mol. The summed E-state index contributed by atoms with van der Waals surface area (Å²) in [6.45, 7) is 6.20. The number of hydrogen-bond acceptors (Lipinski definition) is 2. The molecule has 1 aromatic carbocycles. The molecule has 1 aliphatic rings. The van der Waals surface area contributed by atoms with Crippen molar-refractivity contribution in [1.29, 1.82) is 0 Å². The molecule has 0 spiro atoms. The van der Waals surface area contributed by atoms with Crippen LogP contribution in [0.1, 0.15) is 42.6 Å². The van der Waals surface area contributed by atoms with Crippen molar-refractivity contribution in [3.05, 3.63) is 47.3 Å². The van der Waals surface area contributed by atoms with Crippen molar-refractivity contribution in [1.82, 2.24) is 14.8 Å². The Labute approximate surface area is 147 Å². The van der Waals surface area contributed by atoms with Crippen molar-refractivity contribution in [2.75, 3.05) is 5.32 Å². The van der Waals surface area contributed by atoms with Crippen LogP contribution in [-0.2, 0) is 11.2 Å². The number of nitrogens with zero attached hydrogens (tertiary/aromatic N) is 2. The quantitative estimate of drug-likeness (QED) is 0.736. The van der Waals surface area contributed by atoms with E-state index in [0.717, 1.165) is 33.5 Å². The first kappa shape index (κ1) is 15.9. The highest BCUT2D eigenvalue weighted by Gasteiger charge is 2.31. The normalized spacial score (nSPS) is 15.5. The minimum Gasteiger partial charge on any atom is -0.358 e. The summed E-state index contributed by atoms with van der Waals surface area (Å²) in [5, 5.41) is 8.71. The zero-order valence-corrected chi connectivity index (χ0v) is 15.0. The lowest BCUT2D eigenvalue weighted by atomic mass is 10.1. The van der Waals surface area contributed by atoms with Gasteiger partial charge in [-0.1, -0.05) is 18.2 Å². The molecule has 1 saturated carbocycles. The van der Waals surface area contributed by atoms with Gasteiger partial charge in [-0.15, -0.1) is 0 Å². The zero-order valence-electron chi connectivity index (χ0n) is 15.0. The van der Waals surface area contributed by atoms with Crippen LogP contribution in [0.2, 0.25) is 0 Å². The van der Waals surface area contributed by atoms with E-state index in [0.29, 0.717) is 18.4 Å². The summed E-state index contributed by atoms with van der Waals surface area (Å²) >= 11 is 0. The number of hydrogen-bond donors (Lipinski definition) is 2. The molecular weight excluding hydrogens is 312 g/mol. The summed E-state index contributed by atoms with van der Waals surface area (Å²) in [4.78, 5) is 16.1. The Hall–Kier alpha value is -2.56. The Morgan fingerprint density at radius 1 is 1.36 bits per heavy atom. The number of aromatic amines is 1. The number of para-hydroxylation sites is 1. The highest BCUT2D eigenvalue weighted by Crippen LogP contribution is 2.40. The number of H-pyrrole nitrogens is 1. The van der Waals surface area contributed by atoms with Gasteiger partial charge in [0.25, 0.3) is 0 Å². The van der Waals surface area contributed by atoms with Gasteiger partial charge in [-0.05, 0) is 51.2 Å². The molecular formula is C20H24N4O. The molecule has 2 aromatic heterocycles. The van der Waals surface area contributed by atoms with E-state index in [1.165, 1.54) is 12.8 Å². The molecule has 0 unspecified atom stereocenters. The predicted octanol–water partition coefficient (Wildman–Crippen LogP) is 4.13. The lowest BCUT2D eigenvalue weighted by molar-refractivity contribution is -0.115. The number of fused-ring (bicyclic) bond motifs is 1. The molecule has 4 rings (SSSR count). The van der Waals surface area contributed by atoms with Gasteiger partial charge in [0.2, 0.25) is 5.91 Å². The number of amides is 1. The Morgan fingerprint density at radius 3 is 2.88 bits per heavy atom. The monoisotopic (exact) mass is 336 g/mol. The number of aromatic nitrogens is 3. The summed E-state index contributed by atoms with van der Waals surface area (Å²) in [7, 11) is 0. The van der Waals surface area contributed by atoms with Crippen LogP contribution < -0.4 is 5.32 Å². The molecule has 5 heteroatoms. The number of benzene rings is 1. The van der Waals surface area contributed by atoms with E-state index in [4.69, 9.17) is 0 Å². The minimum atomic E-state index is 0.000648. The lowest BCUT2D eigenvalue weighted by Crippen LogP contribution is -2.20. The van der Waals surface area contributed by atoms with Crippen molar-refractivity contribution in [2.45, 2.75) is 46.1 Å². The van der Waals surface area contributed by atoms with Crippen LogP contribution in [0.15, 0.2) is 30.5 Å². The fourth-order valence-electron chi connectivity index (χ4n) is 3.59. The topological polar surface area (TPSA) is 62.7 Å². The van der Waals surface area contributed by atoms with Gasteiger partial charge < -0.3 is 10.3 Å². The van der Waals surface area contributed by atoms with Crippen LogP contribution >= 0.6 is 0 Å². The first-order valence-electron chi connectivity index (χ1n) is 8.94. The number of carbonyl (C=O) groups excluding carboxylic acids is 1. The van der Waals surface area contributed by atoms with E-state index < -0.39 is 0 Å². The van der Waals surface area contributed by atoms with E-state index >= 15 is 0 Å². The van der Waals surface area contributed by atoms with Crippen molar-refractivity contribution in [2.24, 2.45) is 5.92 Å². The van der Waals surface area contributed by atoms with Crippen molar-refractivity contribution in [3.63, 3.8) is 0 Å². The Balaban J connectivity index is 1.56. The van der Waals surface area contributed by atoms with Crippen LogP contribution in [0.25, 0.3) is 10.9 Å². The van der Waals surface area contributed by atoms with Gasteiger partial charge in [0, 0.05) is 22.2 Å². The number of carbonyl (C=O) groups is 1. The lowest BCUT2D eigenvalue weighted by Gasteiger charge is -2.16. The molecule has 130 valence electrons. The fraction of sp³-hybridized carbons (Fsp3) is 0.400. The number of aryl methyl sites for hydroxylation is 2. The van der Waals surface area contributed by atoms with Crippen LogP contribution in [0.4, 0.5) is 5.82 Å². The molecule has 0 radical (unpaired) electrons. The van der Waals surface area contributed by atoms with E-state index in [1.807, 2.05) is 42.9 Å². The number of rotatable bonds is 5. The highest BCUT2D eigenvalue weighted by atomic mass is 16.1. The number of anilines is 1. The van der Waals surface area contributed by atoms with Crippen molar-refractivity contribution >= 4 is 22.6 Å². The highest BCUT2D eigenvalue weighted by molar-refractivity contribution is 5.96. The van der Waals surface area contributed by atoms with Gasteiger partial charge in [0.1, 0.15) is 5.82 Å². The largest absolute Gasteiger partial charge is 0.358 e. The van der Waals surface area contributed by atoms with E-state index in [2.05, 4.69) is 28.4 Å². The second-order valence-electron chi connectivity index (χ2n) is 7.20. The molecule has 1 atom stereocenters. The van der Waals surface area contributed by atoms with Gasteiger partial charge in [-0.25, -0.2) is 4.68 Å². The summed E-state index contributed by atoms with van der Waals surface area (Å²) in [6, 6.07) is 8.45. The molecule has 1 amide bonds. The van der Waals surface area contributed by atoms with Crippen LogP contribution in [0.3, 0.4) is 0 Å². The summed E-state index contributed by atoms with van der Waals surface area (Å²) in [5.41, 5.74) is 4.20. The Morgan fingerprint density at radius 2 is 2.12 bits per heavy atom. The van der Waals surface area contributed by atoms with Gasteiger partial charge >= 0.3 is 0 Å². The third kappa shape index (κ3) is 2.95. The van der Waals surface area contributed by atoms with Gasteiger partial charge in [0.05, 0.1) is 18.7 Å². The average Bonchev–Trinajstić information content (AvgIpc) is 3.32. The van der Waals surface area contributed by atoms with Gasteiger partial charge in [0.15, 0.2) is 0 Å². The second kappa shape index (κ2) is 6.06. The van der Waals surface area contributed by atoms with Crippen molar-refractivity contribution in [3.8, 4) is 0 Å². The van der Waals surface area contributed by atoms with Gasteiger partial charge in [-0.2, -0.15) is 5.10 Å². The smallest absolute Gasteiger partial charge is 0.230 e.